The molecule has 0 radical (unpaired) electrons. The normalized spacial score (nSPS) is 12.5. The summed E-state index contributed by atoms with van der Waals surface area (Å²) < 4.78 is 7.25. The number of thiocarbonyl (C=S) groups is 1. The highest BCUT2D eigenvalue weighted by atomic mass is 32.1. The number of para-hydroxylation sites is 2. The smallest absolute Gasteiger partial charge is 0.171 e. The van der Waals surface area contributed by atoms with Crippen molar-refractivity contribution in [3.63, 3.8) is 0 Å². The molecule has 0 amide bonds. The van der Waals surface area contributed by atoms with Gasteiger partial charge in [-0.1, -0.05) is 32.9 Å². The van der Waals surface area contributed by atoms with Crippen molar-refractivity contribution in [1.29, 1.82) is 0 Å². The third-order valence-corrected chi connectivity index (χ3v) is 3.85. The predicted molar refractivity (Wildman–Crippen MR) is 97.8 cm³/mol. The first-order chi connectivity index (χ1) is 10.9. The molecule has 2 aromatic rings. The molecule has 0 aliphatic carbocycles. The first kappa shape index (κ1) is 17.3. The summed E-state index contributed by atoms with van der Waals surface area (Å²) in [5, 5.41) is 11.5. The van der Waals surface area contributed by atoms with E-state index in [1.54, 1.807) is 13.3 Å². The lowest BCUT2D eigenvalue weighted by Gasteiger charge is -2.32. The van der Waals surface area contributed by atoms with E-state index in [0.717, 1.165) is 18.0 Å². The van der Waals surface area contributed by atoms with E-state index in [-0.39, 0.29) is 11.5 Å². The predicted octanol–water partition coefficient (Wildman–Crippen LogP) is 3.29. The first-order valence-corrected chi connectivity index (χ1v) is 7.99. The van der Waals surface area contributed by atoms with Crippen molar-refractivity contribution in [3.05, 3.63) is 42.7 Å². The second-order valence-corrected chi connectivity index (χ2v) is 6.85. The SMILES string of the molecule is COc1ccccc1NC(=S)NC(Cn1cccn1)C(C)(C)C. The molecular weight excluding hydrogens is 308 g/mol. The Morgan fingerprint density at radius 1 is 1.30 bits per heavy atom. The first-order valence-electron chi connectivity index (χ1n) is 7.58. The van der Waals surface area contributed by atoms with Gasteiger partial charge in [0.1, 0.15) is 5.75 Å². The molecule has 5 nitrogen and oxygen atoms in total. The van der Waals surface area contributed by atoms with Crippen LogP contribution in [0.5, 0.6) is 5.75 Å². The molecule has 0 bridgehead atoms. The number of rotatable bonds is 5. The standard InChI is InChI=1S/C17H24N4OS/c1-17(2,3)15(12-21-11-7-10-18-21)20-16(23)19-13-8-5-6-9-14(13)22-4/h5-11,15H,12H2,1-4H3,(H2,19,20,23). The molecule has 2 rings (SSSR count). The maximum Gasteiger partial charge on any atom is 0.171 e. The van der Waals surface area contributed by atoms with Crippen LogP contribution in [0.1, 0.15) is 20.8 Å². The Kier molecular flexibility index (Phi) is 5.60. The Hall–Kier alpha value is -2.08. The summed E-state index contributed by atoms with van der Waals surface area (Å²) in [4.78, 5) is 0. The zero-order valence-electron chi connectivity index (χ0n) is 14.0. The van der Waals surface area contributed by atoms with Gasteiger partial charge >= 0.3 is 0 Å². The number of ether oxygens (including phenoxy) is 1. The molecule has 0 fully saturated rings. The average Bonchev–Trinajstić information content (AvgIpc) is 2.99. The summed E-state index contributed by atoms with van der Waals surface area (Å²) in [6, 6.07) is 9.76. The molecule has 0 saturated carbocycles. The fourth-order valence-corrected chi connectivity index (χ4v) is 2.45. The van der Waals surface area contributed by atoms with Crippen LogP contribution < -0.4 is 15.4 Å². The van der Waals surface area contributed by atoms with Gasteiger partial charge in [0.2, 0.25) is 0 Å². The lowest BCUT2D eigenvalue weighted by molar-refractivity contribution is 0.262. The Morgan fingerprint density at radius 3 is 2.65 bits per heavy atom. The molecule has 0 saturated heterocycles. The van der Waals surface area contributed by atoms with Gasteiger partial charge in [-0.05, 0) is 35.8 Å². The molecule has 23 heavy (non-hydrogen) atoms. The van der Waals surface area contributed by atoms with Gasteiger partial charge < -0.3 is 15.4 Å². The van der Waals surface area contributed by atoms with Crippen molar-refractivity contribution in [2.45, 2.75) is 33.4 Å². The summed E-state index contributed by atoms with van der Waals surface area (Å²) in [6.45, 7) is 7.28. The molecule has 1 aromatic carbocycles. The largest absolute Gasteiger partial charge is 0.495 e. The average molecular weight is 332 g/mol. The monoisotopic (exact) mass is 332 g/mol. The van der Waals surface area contributed by atoms with Gasteiger partial charge in [-0.2, -0.15) is 5.10 Å². The number of methoxy groups -OCH3 is 1. The molecule has 1 unspecified atom stereocenters. The highest BCUT2D eigenvalue weighted by Gasteiger charge is 2.26. The van der Waals surface area contributed by atoms with Gasteiger partial charge in [0.05, 0.1) is 25.4 Å². The van der Waals surface area contributed by atoms with Crippen LogP contribution in [-0.4, -0.2) is 28.0 Å². The highest BCUT2D eigenvalue weighted by molar-refractivity contribution is 7.80. The minimum Gasteiger partial charge on any atom is -0.495 e. The van der Waals surface area contributed by atoms with E-state index < -0.39 is 0 Å². The van der Waals surface area contributed by atoms with Crippen molar-refractivity contribution in [2.24, 2.45) is 5.41 Å². The van der Waals surface area contributed by atoms with Crippen molar-refractivity contribution < 1.29 is 4.74 Å². The molecule has 0 aliphatic heterocycles. The number of hydrogen-bond acceptors (Lipinski definition) is 3. The van der Waals surface area contributed by atoms with E-state index in [2.05, 4.69) is 36.5 Å². The van der Waals surface area contributed by atoms with E-state index in [1.165, 1.54) is 0 Å². The molecule has 2 N–H and O–H groups in total. The zero-order chi connectivity index (χ0) is 16.9. The lowest BCUT2D eigenvalue weighted by Crippen LogP contribution is -2.48. The number of nitrogens with zero attached hydrogens (tertiary/aromatic N) is 2. The van der Waals surface area contributed by atoms with E-state index in [4.69, 9.17) is 17.0 Å². The number of nitrogens with one attached hydrogen (secondary N) is 2. The topological polar surface area (TPSA) is 51.1 Å². The second-order valence-electron chi connectivity index (χ2n) is 6.45. The van der Waals surface area contributed by atoms with E-state index in [0.29, 0.717) is 5.11 Å². The van der Waals surface area contributed by atoms with Crippen molar-refractivity contribution >= 4 is 23.0 Å². The lowest BCUT2D eigenvalue weighted by atomic mass is 9.87. The Morgan fingerprint density at radius 2 is 2.04 bits per heavy atom. The molecule has 6 heteroatoms. The van der Waals surface area contributed by atoms with Crippen LogP contribution in [0.25, 0.3) is 0 Å². The molecule has 1 atom stereocenters. The molecule has 1 heterocycles. The van der Waals surface area contributed by atoms with Crippen LogP contribution in [0.3, 0.4) is 0 Å². The minimum atomic E-state index is 0.0263. The number of hydrogen-bond donors (Lipinski definition) is 2. The maximum absolute atomic E-state index is 5.48. The van der Waals surface area contributed by atoms with Gasteiger partial charge in [-0.25, -0.2) is 0 Å². The quantitative estimate of drug-likeness (QED) is 0.823. The minimum absolute atomic E-state index is 0.0263. The van der Waals surface area contributed by atoms with Gasteiger partial charge in [0, 0.05) is 12.4 Å². The van der Waals surface area contributed by atoms with Crippen molar-refractivity contribution in [3.8, 4) is 5.75 Å². The molecule has 0 spiro atoms. The number of anilines is 1. The zero-order valence-corrected chi connectivity index (χ0v) is 14.9. The summed E-state index contributed by atoms with van der Waals surface area (Å²) in [5.74, 6) is 0.760. The second kappa shape index (κ2) is 7.46. The summed E-state index contributed by atoms with van der Waals surface area (Å²) in [7, 11) is 1.65. The Bertz CT molecular complexity index is 634. The van der Waals surface area contributed by atoms with Crippen LogP contribution in [0.2, 0.25) is 0 Å². The number of benzene rings is 1. The summed E-state index contributed by atoms with van der Waals surface area (Å²) >= 11 is 5.48. The Balaban J connectivity index is 2.05. The van der Waals surface area contributed by atoms with Crippen LogP contribution >= 0.6 is 12.2 Å². The van der Waals surface area contributed by atoms with Gasteiger partial charge in [0.15, 0.2) is 5.11 Å². The molecule has 124 valence electrons. The van der Waals surface area contributed by atoms with Crippen molar-refractivity contribution in [1.82, 2.24) is 15.1 Å². The van der Waals surface area contributed by atoms with E-state index >= 15 is 0 Å². The van der Waals surface area contributed by atoms with Gasteiger partial charge in [-0.15, -0.1) is 0 Å². The summed E-state index contributed by atoms with van der Waals surface area (Å²) in [6.07, 6.45) is 3.74. The van der Waals surface area contributed by atoms with Crippen molar-refractivity contribution in [2.75, 3.05) is 12.4 Å². The van der Waals surface area contributed by atoms with E-state index in [1.807, 2.05) is 41.2 Å². The Labute approximate surface area is 143 Å². The van der Waals surface area contributed by atoms with Gasteiger partial charge in [0.25, 0.3) is 0 Å². The highest BCUT2D eigenvalue weighted by Crippen LogP contribution is 2.24. The molecule has 0 aliphatic rings. The van der Waals surface area contributed by atoms with Crippen LogP contribution in [0, 0.1) is 5.41 Å². The van der Waals surface area contributed by atoms with Crippen LogP contribution in [0.4, 0.5) is 5.69 Å². The fraction of sp³-hybridized carbons (Fsp3) is 0.412. The van der Waals surface area contributed by atoms with Crippen LogP contribution in [-0.2, 0) is 6.54 Å². The maximum atomic E-state index is 5.48. The van der Waals surface area contributed by atoms with Gasteiger partial charge in [-0.3, -0.25) is 4.68 Å². The number of aromatic nitrogens is 2. The molecular formula is C17H24N4OS. The third-order valence-electron chi connectivity index (χ3n) is 3.63. The van der Waals surface area contributed by atoms with Crippen LogP contribution in [0.15, 0.2) is 42.7 Å². The molecule has 1 aromatic heterocycles. The summed E-state index contributed by atoms with van der Waals surface area (Å²) in [5.41, 5.74) is 0.873. The third kappa shape index (κ3) is 4.96. The fourth-order valence-electron chi connectivity index (χ4n) is 2.20. The van der Waals surface area contributed by atoms with E-state index in [9.17, 15) is 0 Å².